The van der Waals surface area contributed by atoms with Crippen LogP contribution in [0.15, 0.2) is 23.6 Å². The fraction of sp³-hybridized carbons (Fsp3) is 0.450. The van der Waals surface area contributed by atoms with E-state index in [0.717, 1.165) is 46.8 Å². The fourth-order valence-electron chi connectivity index (χ4n) is 3.31. The van der Waals surface area contributed by atoms with Crippen LogP contribution in [0.2, 0.25) is 0 Å². The molecule has 1 atom stereocenters. The van der Waals surface area contributed by atoms with E-state index < -0.39 is 0 Å². The molecule has 2 aromatic rings. The van der Waals surface area contributed by atoms with Crippen LogP contribution in [0, 0.1) is 13.8 Å². The summed E-state index contributed by atoms with van der Waals surface area (Å²) >= 11 is 1.62. The first-order chi connectivity index (χ1) is 12.4. The van der Waals surface area contributed by atoms with Gasteiger partial charge in [0.05, 0.1) is 17.2 Å². The molecule has 26 heavy (non-hydrogen) atoms. The van der Waals surface area contributed by atoms with Gasteiger partial charge in [-0.1, -0.05) is 17.7 Å². The van der Waals surface area contributed by atoms with Gasteiger partial charge >= 0.3 is 0 Å². The molecule has 3 rings (SSSR count). The molecule has 1 aromatic carbocycles. The van der Waals surface area contributed by atoms with Crippen molar-refractivity contribution >= 4 is 23.2 Å². The number of carbonyl (C=O) groups is 2. The molecule has 2 amide bonds. The van der Waals surface area contributed by atoms with E-state index in [9.17, 15) is 9.59 Å². The highest BCUT2D eigenvalue weighted by molar-refractivity contribution is 7.09. The zero-order chi connectivity index (χ0) is 18.7. The molecule has 1 unspecified atom stereocenters. The molecule has 1 aromatic heterocycles. The third kappa shape index (κ3) is 4.30. The van der Waals surface area contributed by atoms with E-state index in [1.54, 1.807) is 11.3 Å². The zero-order valence-electron chi connectivity index (χ0n) is 15.5. The number of hydrogen-bond donors (Lipinski definition) is 1. The van der Waals surface area contributed by atoms with Crippen molar-refractivity contribution in [1.82, 2.24) is 15.2 Å². The summed E-state index contributed by atoms with van der Waals surface area (Å²) in [6, 6.07) is 6.03. The van der Waals surface area contributed by atoms with Crippen LogP contribution in [0.4, 0.5) is 0 Å². The molecule has 6 heteroatoms. The van der Waals surface area contributed by atoms with Crippen LogP contribution in [-0.2, 0) is 11.3 Å². The quantitative estimate of drug-likeness (QED) is 0.896. The third-order valence-electron chi connectivity index (χ3n) is 4.77. The number of aryl methyl sites for hydroxylation is 2. The van der Waals surface area contributed by atoms with Crippen LogP contribution in [0.1, 0.15) is 57.9 Å². The smallest absolute Gasteiger partial charge is 0.254 e. The van der Waals surface area contributed by atoms with Crippen LogP contribution in [0.5, 0.6) is 0 Å². The lowest BCUT2D eigenvalue weighted by Crippen LogP contribution is -2.39. The number of likely N-dealkylation sites (tertiary alicyclic amines) is 1. The van der Waals surface area contributed by atoms with E-state index in [1.807, 2.05) is 42.3 Å². The topological polar surface area (TPSA) is 62.3 Å². The number of hydrogen-bond acceptors (Lipinski definition) is 4. The Bertz CT molecular complexity index is 815. The average Bonchev–Trinajstić information content (AvgIpc) is 3.10. The molecule has 1 fully saturated rings. The van der Waals surface area contributed by atoms with E-state index in [-0.39, 0.29) is 17.7 Å². The van der Waals surface area contributed by atoms with Crippen LogP contribution >= 0.6 is 11.3 Å². The van der Waals surface area contributed by atoms with Gasteiger partial charge in [0, 0.05) is 36.9 Å². The van der Waals surface area contributed by atoms with E-state index in [0.29, 0.717) is 13.1 Å². The van der Waals surface area contributed by atoms with Gasteiger partial charge in [-0.05, 0) is 38.3 Å². The number of thiazole rings is 1. The summed E-state index contributed by atoms with van der Waals surface area (Å²) in [4.78, 5) is 30.7. The molecule has 1 N–H and O–H groups in total. The minimum absolute atomic E-state index is 0.0532. The first-order valence-corrected chi connectivity index (χ1v) is 9.87. The Kier molecular flexibility index (Phi) is 5.71. The van der Waals surface area contributed by atoms with E-state index in [2.05, 4.69) is 10.3 Å². The molecule has 0 aliphatic carbocycles. The molecule has 138 valence electrons. The van der Waals surface area contributed by atoms with Crippen LogP contribution in [0.3, 0.4) is 0 Å². The van der Waals surface area contributed by atoms with Crippen LogP contribution < -0.4 is 5.32 Å². The van der Waals surface area contributed by atoms with E-state index in [4.69, 9.17) is 0 Å². The van der Waals surface area contributed by atoms with Crippen molar-refractivity contribution in [3.05, 3.63) is 51.0 Å². The predicted molar refractivity (Wildman–Crippen MR) is 103 cm³/mol. The minimum Gasteiger partial charge on any atom is -0.351 e. The van der Waals surface area contributed by atoms with Crippen molar-refractivity contribution < 1.29 is 9.59 Å². The lowest BCUT2D eigenvalue weighted by molar-refractivity contribution is -0.119. The first kappa shape index (κ1) is 18.6. The SMILES string of the molecule is CC(=O)NCc1csc(C2CCCN(C(=O)c3cc(C)ccc3C)C2)n1. The van der Waals surface area contributed by atoms with Crippen molar-refractivity contribution in [1.29, 1.82) is 0 Å². The normalized spacial score (nSPS) is 17.2. The van der Waals surface area contributed by atoms with Crippen molar-refractivity contribution in [3.8, 4) is 0 Å². The highest BCUT2D eigenvalue weighted by Gasteiger charge is 2.28. The molecule has 1 saturated heterocycles. The van der Waals surface area contributed by atoms with Gasteiger partial charge in [-0.25, -0.2) is 4.98 Å². The highest BCUT2D eigenvalue weighted by Crippen LogP contribution is 2.30. The number of piperidine rings is 1. The number of benzene rings is 1. The number of aromatic nitrogens is 1. The first-order valence-electron chi connectivity index (χ1n) is 8.99. The van der Waals surface area contributed by atoms with Gasteiger partial charge in [-0.3, -0.25) is 9.59 Å². The molecule has 2 heterocycles. The van der Waals surface area contributed by atoms with Crippen molar-refractivity contribution in [2.75, 3.05) is 13.1 Å². The monoisotopic (exact) mass is 371 g/mol. The summed E-state index contributed by atoms with van der Waals surface area (Å²) in [7, 11) is 0. The van der Waals surface area contributed by atoms with Crippen LogP contribution in [0.25, 0.3) is 0 Å². The summed E-state index contributed by atoms with van der Waals surface area (Å²) in [5.41, 5.74) is 3.82. The Balaban J connectivity index is 1.70. The Hall–Kier alpha value is -2.21. The second-order valence-electron chi connectivity index (χ2n) is 7.00. The zero-order valence-corrected chi connectivity index (χ0v) is 16.4. The average molecular weight is 372 g/mol. The molecule has 1 aliphatic rings. The Morgan fingerprint density at radius 3 is 2.92 bits per heavy atom. The largest absolute Gasteiger partial charge is 0.351 e. The maximum Gasteiger partial charge on any atom is 0.254 e. The summed E-state index contributed by atoms with van der Waals surface area (Å²) in [6.45, 7) is 7.48. The number of carbonyl (C=O) groups excluding carboxylic acids is 2. The predicted octanol–water partition coefficient (Wildman–Crippen LogP) is 3.42. The molecule has 0 bridgehead atoms. The number of nitrogens with zero attached hydrogens (tertiary/aromatic N) is 2. The molecule has 0 saturated carbocycles. The van der Waals surface area contributed by atoms with Gasteiger partial charge < -0.3 is 10.2 Å². The highest BCUT2D eigenvalue weighted by atomic mass is 32.1. The minimum atomic E-state index is -0.0532. The van der Waals surface area contributed by atoms with Crippen LogP contribution in [-0.4, -0.2) is 34.8 Å². The summed E-state index contributed by atoms with van der Waals surface area (Å²) in [5.74, 6) is 0.335. The molecule has 0 radical (unpaired) electrons. The summed E-state index contributed by atoms with van der Waals surface area (Å²) in [5, 5.41) is 5.83. The summed E-state index contributed by atoms with van der Waals surface area (Å²) < 4.78 is 0. The lowest BCUT2D eigenvalue weighted by atomic mass is 9.97. The van der Waals surface area contributed by atoms with Gasteiger partial charge in [-0.2, -0.15) is 0 Å². The fourth-order valence-corrected chi connectivity index (χ4v) is 4.25. The van der Waals surface area contributed by atoms with E-state index in [1.165, 1.54) is 6.92 Å². The Labute approximate surface area is 158 Å². The van der Waals surface area contributed by atoms with E-state index >= 15 is 0 Å². The maximum absolute atomic E-state index is 13.0. The lowest BCUT2D eigenvalue weighted by Gasteiger charge is -2.32. The van der Waals surface area contributed by atoms with Gasteiger partial charge in [-0.15, -0.1) is 11.3 Å². The van der Waals surface area contributed by atoms with Gasteiger partial charge in [0.2, 0.25) is 5.91 Å². The number of amides is 2. The van der Waals surface area contributed by atoms with Crippen molar-refractivity contribution in [3.63, 3.8) is 0 Å². The van der Waals surface area contributed by atoms with Gasteiger partial charge in [0.25, 0.3) is 5.91 Å². The molecule has 5 nitrogen and oxygen atoms in total. The Morgan fingerprint density at radius 1 is 1.35 bits per heavy atom. The standard InChI is InChI=1S/C20H25N3O2S/c1-13-6-7-14(2)18(9-13)20(25)23-8-4-5-16(11-23)19-22-17(12-26-19)10-21-15(3)24/h6-7,9,12,16H,4-5,8,10-11H2,1-3H3,(H,21,24). The summed E-state index contributed by atoms with van der Waals surface area (Å²) in [6.07, 6.45) is 2.03. The molecular weight excluding hydrogens is 346 g/mol. The maximum atomic E-state index is 13.0. The van der Waals surface area contributed by atoms with Crippen molar-refractivity contribution in [2.24, 2.45) is 0 Å². The number of rotatable bonds is 4. The van der Waals surface area contributed by atoms with Crippen molar-refractivity contribution in [2.45, 2.75) is 46.1 Å². The number of nitrogens with one attached hydrogen (secondary N) is 1. The van der Waals surface area contributed by atoms with Gasteiger partial charge in [0.1, 0.15) is 0 Å². The second kappa shape index (κ2) is 7.99. The third-order valence-corrected chi connectivity index (χ3v) is 5.83. The Morgan fingerprint density at radius 2 is 2.15 bits per heavy atom. The molecule has 1 aliphatic heterocycles. The second-order valence-corrected chi connectivity index (χ2v) is 7.89. The van der Waals surface area contributed by atoms with Gasteiger partial charge in [0.15, 0.2) is 0 Å². The molecular formula is C20H25N3O2S. The molecule has 0 spiro atoms.